The van der Waals surface area contributed by atoms with Crippen LogP contribution in [-0.4, -0.2) is 29.3 Å². The van der Waals surface area contributed by atoms with E-state index in [9.17, 15) is 9.59 Å². The SMILES string of the molecule is C[C@@H]1C[C@H]1C(=O)NCCC(=O)N(C1CC1)[C@H]1CCCc2ccccc21. The summed E-state index contributed by atoms with van der Waals surface area (Å²) in [5.41, 5.74) is 2.73. The molecular formula is C21H28N2O2. The normalized spacial score (nSPS) is 27.3. The van der Waals surface area contributed by atoms with Gasteiger partial charge in [0.05, 0.1) is 6.04 Å². The van der Waals surface area contributed by atoms with E-state index in [0.29, 0.717) is 24.9 Å². The van der Waals surface area contributed by atoms with Gasteiger partial charge in [0.15, 0.2) is 0 Å². The molecule has 0 bridgehead atoms. The number of nitrogens with one attached hydrogen (secondary N) is 1. The van der Waals surface area contributed by atoms with Crippen molar-refractivity contribution in [1.29, 1.82) is 0 Å². The number of hydrogen-bond donors (Lipinski definition) is 1. The lowest BCUT2D eigenvalue weighted by molar-refractivity contribution is -0.134. The molecule has 1 aromatic carbocycles. The molecule has 2 amide bonds. The molecule has 134 valence electrons. The van der Waals surface area contributed by atoms with Gasteiger partial charge >= 0.3 is 0 Å². The van der Waals surface area contributed by atoms with Crippen molar-refractivity contribution < 1.29 is 9.59 Å². The number of aryl methyl sites for hydroxylation is 1. The molecule has 25 heavy (non-hydrogen) atoms. The van der Waals surface area contributed by atoms with E-state index < -0.39 is 0 Å². The minimum Gasteiger partial charge on any atom is -0.355 e. The zero-order valence-corrected chi connectivity index (χ0v) is 15.0. The smallest absolute Gasteiger partial charge is 0.225 e. The fraction of sp³-hybridized carbons (Fsp3) is 0.619. The second-order valence-electron chi connectivity index (χ2n) is 8.00. The molecular weight excluding hydrogens is 312 g/mol. The van der Waals surface area contributed by atoms with E-state index in [1.165, 1.54) is 11.1 Å². The maximum Gasteiger partial charge on any atom is 0.225 e. The summed E-state index contributed by atoms with van der Waals surface area (Å²) in [6.07, 6.45) is 6.98. The highest BCUT2D eigenvalue weighted by Gasteiger charge is 2.40. The third-order valence-corrected chi connectivity index (χ3v) is 5.99. The standard InChI is InChI=1S/C21H28N2O2/c1-14-13-18(14)21(25)22-12-11-20(24)23(16-9-10-16)19-8-4-6-15-5-2-3-7-17(15)19/h2-3,5,7,14,16,18-19H,4,6,8-13H2,1H3,(H,22,25)/t14-,18-,19+/m1/s1. The molecule has 0 heterocycles. The van der Waals surface area contributed by atoms with Crippen LogP contribution < -0.4 is 5.32 Å². The van der Waals surface area contributed by atoms with Gasteiger partial charge in [-0.25, -0.2) is 0 Å². The number of hydrogen-bond acceptors (Lipinski definition) is 2. The summed E-state index contributed by atoms with van der Waals surface area (Å²) in [5, 5.41) is 2.96. The molecule has 2 saturated carbocycles. The summed E-state index contributed by atoms with van der Waals surface area (Å²) >= 11 is 0. The van der Waals surface area contributed by atoms with E-state index in [2.05, 4.69) is 41.4 Å². The molecule has 4 heteroatoms. The van der Waals surface area contributed by atoms with Gasteiger partial charge in [-0.3, -0.25) is 9.59 Å². The summed E-state index contributed by atoms with van der Waals surface area (Å²) in [4.78, 5) is 27.0. The van der Waals surface area contributed by atoms with Crippen molar-refractivity contribution in [2.75, 3.05) is 6.54 Å². The van der Waals surface area contributed by atoms with Crippen LogP contribution in [0.4, 0.5) is 0 Å². The largest absolute Gasteiger partial charge is 0.355 e. The summed E-state index contributed by atoms with van der Waals surface area (Å²) in [5.74, 6) is 1.02. The van der Waals surface area contributed by atoms with Gasteiger partial charge in [0.2, 0.25) is 11.8 Å². The quantitative estimate of drug-likeness (QED) is 0.864. The minimum atomic E-state index is 0.126. The van der Waals surface area contributed by atoms with Crippen molar-refractivity contribution in [3.8, 4) is 0 Å². The zero-order valence-electron chi connectivity index (χ0n) is 15.0. The van der Waals surface area contributed by atoms with Crippen LogP contribution in [0.25, 0.3) is 0 Å². The molecule has 3 aliphatic rings. The second kappa shape index (κ2) is 6.81. The second-order valence-corrected chi connectivity index (χ2v) is 8.00. The number of amides is 2. The van der Waals surface area contributed by atoms with Crippen molar-refractivity contribution >= 4 is 11.8 Å². The molecule has 0 saturated heterocycles. The summed E-state index contributed by atoms with van der Waals surface area (Å²) < 4.78 is 0. The van der Waals surface area contributed by atoms with E-state index in [1.807, 2.05) is 0 Å². The number of benzene rings is 1. The van der Waals surface area contributed by atoms with Gasteiger partial charge < -0.3 is 10.2 Å². The molecule has 4 rings (SSSR count). The van der Waals surface area contributed by atoms with Crippen LogP contribution in [0.15, 0.2) is 24.3 Å². The van der Waals surface area contributed by atoms with Crippen LogP contribution in [0.5, 0.6) is 0 Å². The first-order chi connectivity index (χ1) is 12.1. The fourth-order valence-electron chi connectivity index (χ4n) is 4.24. The van der Waals surface area contributed by atoms with Gasteiger partial charge in [-0.1, -0.05) is 31.2 Å². The molecule has 1 aromatic rings. The van der Waals surface area contributed by atoms with Gasteiger partial charge in [0.1, 0.15) is 0 Å². The van der Waals surface area contributed by atoms with Gasteiger partial charge in [-0.2, -0.15) is 0 Å². The van der Waals surface area contributed by atoms with Crippen LogP contribution in [0.2, 0.25) is 0 Å². The number of carbonyl (C=O) groups is 2. The predicted molar refractivity (Wildman–Crippen MR) is 96.9 cm³/mol. The Kier molecular flexibility index (Phi) is 4.53. The van der Waals surface area contributed by atoms with Crippen molar-refractivity contribution in [3.05, 3.63) is 35.4 Å². The molecule has 0 radical (unpaired) electrons. The van der Waals surface area contributed by atoms with E-state index in [-0.39, 0.29) is 23.8 Å². The van der Waals surface area contributed by atoms with Crippen LogP contribution in [0.3, 0.4) is 0 Å². The Hall–Kier alpha value is -1.84. The van der Waals surface area contributed by atoms with Crippen molar-refractivity contribution in [2.45, 2.75) is 64.0 Å². The first kappa shape index (κ1) is 16.6. The lowest BCUT2D eigenvalue weighted by atomic mass is 9.86. The topological polar surface area (TPSA) is 49.4 Å². The Morgan fingerprint density at radius 3 is 2.68 bits per heavy atom. The van der Waals surface area contributed by atoms with Crippen molar-refractivity contribution in [3.63, 3.8) is 0 Å². The Balaban J connectivity index is 1.40. The fourth-order valence-corrected chi connectivity index (χ4v) is 4.24. The third kappa shape index (κ3) is 3.58. The Bertz CT molecular complexity index is 668. The molecule has 3 atom stereocenters. The maximum absolute atomic E-state index is 12.9. The number of nitrogens with zero attached hydrogens (tertiary/aromatic N) is 1. The molecule has 0 aliphatic heterocycles. The predicted octanol–water partition coefficient (Wildman–Crippen LogP) is 3.22. The average molecular weight is 340 g/mol. The number of fused-ring (bicyclic) bond motifs is 1. The summed E-state index contributed by atoms with van der Waals surface area (Å²) in [6, 6.07) is 9.21. The minimum absolute atomic E-state index is 0.126. The molecule has 2 fully saturated rings. The Labute approximate surface area is 150 Å². The highest BCUT2D eigenvalue weighted by Crippen LogP contribution is 2.41. The zero-order chi connectivity index (χ0) is 17.4. The van der Waals surface area contributed by atoms with E-state index in [0.717, 1.165) is 38.5 Å². The van der Waals surface area contributed by atoms with Crippen LogP contribution >= 0.6 is 0 Å². The van der Waals surface area contributed by atoms with Crippen LogP contribution in [0, 0.1) is 11.8 Å². The van der Waals surface area contributed by atoms with E-state index in [4.69, 9.17) is 0 Å². The number of carbonyl (C=O) groups excluding carboxylic acids is 2. The van der Waals surface area contributed by atoms with Crippen LogP contribution in [0.1, 0.15) is 62.6 Å². The van der Waals surface area contributed by atoms with Gasteiger partial charge in [0.25, 0.3) is 0 Å². The third-order valence-electron chi connectivity index (χ3n) is 5.99. The van der Waals surface area contributed by atoms with Gasteiger partial charge in [0, 0.05) is 24.9 Å². The van der Waals surface area contributed by atoms with Crippen molar-refractivity contribution in [2.24, 2.45) is 11.8 Å². The molecule has 1 N–H and O–H groups in total. The highest BCUT2D eigenvalue weighted by molar-refractivity contribution is 5.82. The summed E-state index contributed by atoms with van der Waals surface area (Å²) in [6.45, 7) is 2.57. The highest BCUT2D eigenvalue weighted by atomic mass is 16.2. The van der Waals surface area contributed by atoms with Gasteiger partial charge in [-0.15, -0.1) is 0 Å². The lowest BCUT2D eigenvalue weighted by Gasteiger charge is -2.36. The first-order valence-electron chi connectivity index (χ1n) is 9.82. The van der Waals surface area contributed by atoms with Crippen molar-refractivity contribution in [1.82, 2.24) is 10.2 Å². The number of rotatable bonds is 6. The maximum atomic E-state index is 12.9. The van der Waals surface area contributed by atoms with Crippen LogP contribution in [-0.2, 0) is 16.0 Å². The molecule has 0 spiro atoms. The molecule has 4 nitrogen and oxygen atoms in total. The molecule has 0 unspecified atom stereocenters. The monoisotopic (exact) mass is 340 g/mol. The first-order valence-corrected chi connectivity index (χ1v) is 9.82. The average Bonchev–Trinajstić information content (AvgIpc) is 3.53. The molecule has 3 aliphatic carbocycles. The Morgan fingerprint density at radius 1 is 1.20 bits per heavy atom. The van der Waals surface area contributed by atoms with E-state index >= 15 is 0 Å². The summed E-state index contributed by atoms with van der Waals surface area (Å²) in [7, 11) is 0. The Morgan fingerprint density at radius 2 is 1.96 bits per heavy atom. The van der Waals surface area contributed by atoms with E-state index in [1.54, 1.807) is 0 Å². The van der Waals surface area contributed by atoms with Gasteiger partial charge in [-0.05, 0) is 55.6 Å². The molecule has 0 aromatic heterocycles. The lowest BCUT2D eigenvalue weighted by Crippen LogP contribution is -2.40.